The summed E-state index contributed by atoms with van der Waals surface area (Å²) in [4.78, 5) is 0. The second-order valence-electron chi connectivity index (χ2n) is 17.4. The SMILES string of the molecule is c1ccc([Si](c2ccccc2)(c2ccccc2)c2cccc(-c3ccccc3-n3c4ccccc4c4cccc(-n5c6ccccc6c6cc(C7CCCCC7)ccc65)c43)c2)cc1. The molecule has 0 bridgehead atoms. The lowest BCUT2D eigenvalue weighted by atomic mass is 9.84. The molecule has 0 aliphatic heterocycles. The Morgan fingerprint density at radius 1 is 0.349 bits per heavy atom. The van der Waals surface area contributed by atoms with Gasteiger partial charge in [-0.25, -0.2) is 0 Å². The summed E-state index contributed by atoms with van der Waals surface area (Å²) >= 11 is 0. The minimum Gasteiger partial charge on any atom is -0.307 e. The average molecular weight is 825 g/mol. The number of para-hydroxylation sites is 4. The van der Waals surface area contributed by atoms with Crippen molar-refractivity contribution in [2.24, 2.45) is 0 Å². The number of rotatable bonds is 8. The van der Waals surface area contributed by atoms with Crippen LogP contribution in [0.25, 0.3) is 66.1 Å². The molecule has 0 amide bonds. The molecular weight excluding hydrogens is 777 g/mol. The number of nitrogens with zero attached hydrogens (tertiary/aromatic N) is 2. The van der Waals surface area contributed by atoms with Crippen molar-refractivity contribution in [2.45, 2.75) is 38.0 Å². The highest BCUT2D eigenvalue weighted by Crippen LogP contribution is 2.42. The molecule has 0 N–H and O–H groups in total. The Kier molecular flexibility index (Phi) is 9.30. The van der Waals surface area contributed by atoms with Crippen molar-refractivity contribution in [2.75, 3.05) is 0 Å². The topological polar surface area (TPSA) is 9.86 Å². The highest BCUT2D eigenvalue weighted by Gasteiger charge is 2.41. The highest BCUT2D eigenvalue weighted by atomic mass is 28.3. The molecule has 3 heteroatoms. The molecule has 0 radical (unpaired) electrons. The second-order valence-corrected chi connectivity index (χ2v) is 21.2. The van der Waals surface area contributed by atoms with E-state index in [2.05, 4.69) is 234 Å². The number of hydrogen-bond acceptors (Lipinski definition) is 0. The molecule has 0 spiro atoms. The summed E-state index contributed by atoms with van der Waals surface area (Å²) < 4.78 is 5.09. The molecule has 302 valence electrons. The van der Waals surface area contributed by atoms with Crippen LogP contribution >= 0.6 is 0 Å². The number of hydrogen-bond donors (Lipinski definition) is 0. The van der Waals surface area contributed by atoms with E-state index >= 15 is 0 Å². The fraction of sp³-hybridized carbons (Fsp3) is 0.100. The summed E-state index contributed by atoms with van der Waals surface area (Å²) in [5.74, 6) is 0.645. The molecule has 11 aromatic rings. The van der Waals surface area contributed by atoms with Crippen LogP contribution in [0.5, 0.6) is 0 Å². The summed E-state index contributed by atoms with van der Waals surface area (Å²) in [7, 11) is -2.76. The first-order valence-corrected chi connectivity index (χ1v) is 24.7. The van der Waals surface area contributed by atoms with E-state index in [9.17, 15) is 0 Å². The summed E-state index contributed by atoms with van der Waals surface area (Å²) in [6.45, 7) is 0. The maximum absolute atomic E-state index is 2.76. The predicted octanol–water partition coefficient (Wildman–Crippen LogP) is 13.0. The van der Waals surface area contributed by atoms with Crippen molar-refractivity contribution in [1.29, 1.82) is 0 Å². The number of aromatic nitrogens is 2. The zero-order valence-corrected chi connectivity index (χ0v) is 36.4. The molecule has 9 aromatic carbocycles. The van der Waals surface area contributed by atoms with Gasteiger partial charge in [0.1, 0.15) is 0 Å². The van der Waals surface area contributed by atoms with Gasteiger partial charge in [0, 0.05) is 27.1 Å². The van der Waals surface area contributed by atoms with E-state index in [1.54, 1.807) is 0 Å². The Hall–Kier alpha value is -7.20. The summed E-state index contributed by atoms with van der Waals surface area (Å²) in [6, 6.07) is 84.5. The third-order valence-electron chi connectivity index (χ3n) is 14.1. The molecule has 2 nitrogen and oxygen atoms in total. The first kappa shape index (κ1) is 37.5. The van der Waals surface area contributed by atoms with Gasteiger partial charge in [0.05, 0.1) is 33.4 Å². The zero-order chi connectivity index (χ0) is 41.7. The maximum atomic E-state index is 2.55. The van der Waals surface area contributed by atoms with Crippen LogP contribution in [0.2, 0.25) is 0 Å². The van der Waals surface area contributed by atoms with E-state index < -0.39 is 8.07 Å². The van der Waals surface area contributed by atoms with Crippen LogP contribution in [0.15, 0.2) is 224 Å². The molecule has 1 aliphatic carbocycles. The van der Waals surface area contributed by atoms with Gasteiger partial charge < -0.3 is 9.13 Å². The van der Waals surface area contributed by atoms with Crippen LogP contribution < -0.4 is 20.7 Å². The Morgan fingerprint density at radius 2 is 0.857 bits per heavy atom. The predicted molar refractivity (Wildman–Crippen MR) is 270 cm³/mol. The Balaban J connectivity index is 1.11. The molecule has 0 saturated heterocycles. The monoisotopic (exact) mass is 824 g/mol. The fourth-order valence-electron chi connectivity index (χ4n) is 11.3. The summed E-state index contributed by atoms with van der Waals surface area (Å²) in [5.41, 5.74) is 11.2. The van der Waals surface area contributed by atoms with Gasteiger partial charge >= 0.3 is 0 Å². The van der Waals surface area contributed by atoms with Crippen LogP contribution in [-0.4, -0.2) is 17.2 Å². The molecule has 63 heavy (non-hydrogen) atoms. The number of fused-ring (bicyclic) bond motifs is 6. The van der Waals surface area contributed by atoms with Crippen molar-refractivity contribution in [1.82, 2.24) is 9.13 Å². The quantitative estimate of drug-likeness (QED) is 0.107. The summed E-state index contributed by atoms with van der Waals surface area (Å²) in [6.07, 6.45) is 6.61. The van der Waals surface area contributed by atoms with Crippen molar-refractivity contribution < 1.29 is 0 Å². The Bertz CT molecular complexity index is 3330. The Morgan fingerprint density at radius 3 is 1.54 bits per heavy atom. The number of benzene rings is 9. The molecule has 1 fully saturated rings. The van der Waals surface area contributed by atoms with Crippen molar-refractivity contribution in [3.05, 3.63) is 230 Å². The third-order valence-corrected chi connectivity index (χ3v) is 18.8. The van der Waals surface area contributed by atoms with E-state index in [1.807, 2.05) is 0 Å². The molecule has 12 rings (SSSR count). The highest BCUT2D eigenvalue weighted by molar-refractivity contribution is 7.19. The van der Waals surface area contributed by atoms with Crippen molar-refractivity contribution in [3.63, 3.8) is 0 Å². The molecule has 0 unspecified atom stereocenters. The fourth-order valence-corrected chi connectivity index (χ4v) is 16.1. The van der Waals surface area contributed by atoms with Crippen LogP contribution in [0.3, 0.4) is 0 Å². The van der Waals surface area contributed by atoms with Gasteiger partial charge in [0.2, 0.25) is 0 Å². The standard InChI is InChI=1S/C60H48N2Si/c1-5-21-43(22-6-1)44-39-40-58-54(42-44)52-33-15-17-36-56(52)61(58)59-38-20-34-53-51-32-14-18-37-57(51)62(60(53)59)55-35-16-13-31-50(55)45-23-19-30-49(41-45)63(46-24-7-2-8-25-46,47-26-9-3-10-27-47)48-28-11-4-12-29-48/h2-4,7-20,23-43H,1,5-6,21-22H2. The van der Waals surface area contributed by atoms with E-state index in [-0.39, 0.29) is 0 Å². The molecule has 1 saturated carbocycles. The first-order chi connectivity index (χ1) is 31.3. The normalized spacial score (nSPS) is 13.7. The van der Waals surface area contributed by atoms with Crippen molar-refractivity contribution >= 4 is 72.4 Å². The lowest BCUT2D eigenvalue weighted by Crippen LogP contribution is -2.74. The largest absolute Gasteiger partial charge is 0.307 e. The third kappa shape index (κ3) is 6.06. The minimum atomic E-state index is -2.76. The zero-order valence-electron chi connectivity index (χ0n) is 35.4. The van der Waals surface area contributed by atoms with E-state index in [0.29, 0.717) is 5.92 Å². The van der Waals surface area contributed by atoms with Crippen molar-refractivity contribution in [3.8, 4) is 22.5 Å². The lowest BCUT2D eigenvalue weighted by molar-refractivity contribution is 0.444. The van der Waals surface area contributed by atoms with Gasteiger partial charge in [0.25, 0.3) is 0 Å². The van der Waals surface area contributed by atoms with E-state index in [0.717, 1.165) is 0 Å². The Labute approximate surface area is 370 Å². The molecule has 2 aromatic heterocycles. The van der Waals surface area contributed by atoms with Gasteiger partial charge in [-0.1, -0.05) is 207 Å². The summed E-state index contributed by atoms with van der Waals surface area (Å²) in [5, 5.41) is 10.6. The van der Waals surface area contributed by atoms with E-state index in [4.69, 9.17) is 0 Å². The van der Waals surface area contributed by atoms with Gasteiger partial charge in [0.15, 0.2) is 8.07 Å². The molecular formula is C60H48N2Si. The van der Waals surface area contributed by atoms with Gasteiger partial charge in [-0.15, -0.1) is 0 Å². The first-order valence-electron chi connectivity index (χ1n) is 22.7. The second kappa shape index (κ2) is 15.6. The van der Waals surface area contributed by atoms with Crippen LogP contribution in [0.1, 0.15) is 43.6 Å². The average Bonchev–Trinajstić information content (AvgIpc) is 3.88. The van der Waals surface area contributed by atoms with Crippen LogP contribution in [0.4, 0.5) is 0 Å². The van der Waals surface area contributed by atoms with Gasteiger partial charge in [-0.05, 0) is 87.0 Å². The minimum absolute atomic E-state index is 0.645. The van der Waals surface area contributed by atoms with Gasteiger partial charge in [-0.2, -0.15) is 0 Å². The maximum Gasteiger partial charge on any atom is 0.179 e. The lowest BCUT2D eigenvalue weighted by Gasteiger charge is -2.34. The molecule has 0 atom stereocenters. The van der Waals surface area contributed by atoms with Gasteiger partial charge in [-0.3, -0.25) is 0 Å². The van der Waals surface area contributed by atoms with Crippen LogP contribution in [-0.2, 0) is 0 Å². The van der Waals surface area contributed by atoms with E-state index in [1.165, 1.54) is 125 Å². The molecule has 2 heterocycles. The smallest absolute Gasteiger partial charge is 0.179 e. The van der Waals surface area contributed by atoms with Crippen LogP contribution in [0, 0.1) is 0 Å². The molecule has 1 aliphatic rings.